The Bertz CT molecular complexity index is 554. The SMILES string of the molecule is Cc1ncnc(N(C)Cc2ccccc2F)c1C. The minimum atomic E-state index is -0.187. The predicted molar refractivity (Wildman–Crippen MR) is 70.0 cm³/mol. The fraction of sp³-hybridized carbons (Fsp3) is 0.286. The monoisotopic (exact) mass is 245 g/mol. The Morgan fingerprint density at radius 3 is 2.61 bits per heavy atom. The average Bonchev–Trinajstić information content (AvgIpc) is 2.35. The van der Waals surface area contributed by atoms with Gasteiger partial charge in [0.1, 0.15) is 18.0 Å². The quantitative estimate of drug-likeness (QED) is 0.832. The van der Waals surface area contributed by atoms with Gasteiger partial charge in [-0.2, -0.15) is 0 Å². The van der Waals surface area contributed by atoms with Crippen molar-refractivity contribution in [1.29, 1.82) is 0 Å². The smallest absolute Gasteiger partial charge is 0.135 e. The molecule has 0 fully saturated rings. The molecule has 0 spiro atoms. The first kappa shape index (κ1) is 12.5. The van der Waals surface area contributed by atoms with Crippen LogP contribution < -0.4 is 4.90 Å². The zero-order chi connectivity index (χ0) is 13.1. The van der Waals surface area contributed by atoms with E-state index in [0.717, 1.165) is 17.1 Å². The van der Waals surface area contributed by atoms with Crippen LogP contribution in [-0.4, -0.2) is 17.0 Å². The molecule has 0 amide bonds. The van der Waals surface area contributed by atoms with Crippen LogP contribution in [0.25, 0.3) is 0 Å². The molecule has 4 heteroatoms. The Morgan fingerprint density at radius 1 is 1.17 bits per heavy atom. The molecule has 0 atom stereocenters. The van der Waals surface area contributed by atoms with Crippen LogP contribution in [0.3, 0.4) is 0 Å². The van der Waals surface area contributed by atoms with Gasteiger partial charge in [0.25, 0.3) is 0 Å². The highest BCUT2D eigenvalue weighted by atomic mass is 19.1. The van der Waals surface area contributed by atoms with Crippen LogP contribution in [0.2, 0.25) is 0 Å². The van der Waals surface area contributed by atoms with E-state index >= 15 is 0 Å². The van der Waals surface area contributed by atoms with Gasteiger partial charge in [-0.05, 0) is 19.9 Å². The molecule has 1 heterocycles. The molecular formula is C14H16FN3. The van der Waals surface area contributed by atoms with Crippen molar-refractivity contribution >= 4 is 5.82 Å². The van der Waals surface area contributed by atoms with Gasteiger partial charge in [-0.25, -0.2) is 14.4 Å². The molecule has 2 rings (SSSR count). The second-order valence-electron chi connectivity index (χ2n) is 4.36. The van der Waals surface area contributed by atoms with Crippen molar-refractivity contribution in [3.8, 4) is 0 Å². The normalized spacial score (nSPS) is 10.4. The summed E-state index contributed by atoms with van der Waals surface area (Å²) in [7, 11) is 1.90. The second-order valence-corrected chi connectivity index (χ2v) is 4.36. The molecule has 0 aliphatic heterocycles. The molecule has 94 valence electrons. The van der Waals surface area contributed by atoms with Gasteiger partial charge in [-0.3, -0.25) is 0 Å². The van der Waals surface area contributed by atoms with E-state index in [1.165, 1.54) is 12.4 Å². The number of aryl methyl sites for hydroxylation is 1. The summed E-state index contributed by atoms with van der Waals surface area (Å²) in [5, 5.41) is 0. The summed E-state index contributed by atoms with van der Waals surface area (Å²) >= 11 is 0. The summed E-state index contributed by atoms with van der Waals surface area (Å²) < 4.78 is 13.6. The molecule has 1 aromatic carbocycles. The van der Waals surface area contributed by atoms with E-state index in [4.69, 9.17) is 0 Å². The first-order valence-corrected chi connectivity index (χ1v) is 5.82. The summed E-state index contributed by atoms with van der Waals surface area (Å²) in [4.78, 5) is 10.3. The number of hydrogen-bond acceptors (Lipinski definition) is 3. The Kier molecular flexibility index (Phi) is 3.55. The molecule has 2 aromatic rings. The third-order valence-electron chi connectivity index (χ3n) is 3.04. The van der Waals surface area contributed by atoms with Gasteiger partial charge in [-0.15, -0.1) is 0 Å². The van der Waals surface area contributed by atoms with E-state index in [9.17, 15) is 4.39 Å². The number of benzene rings is 1. The maximum absolute atomic E-state index is 13.6. The van der Waals surface area contributed by atoms with Crippen LogP contribution in [0.5, 0.6) is 0 Å². The molecule has 1 aromatic heterocycles. The van der Waals surface area contributed by atoms with E-state index in [0.29, 0.717) is 12.1 Å². The maximum Gasteiger partial charge on any atom is 0.135 e. The van der Waals surface area contributed by atoms with Gasteiger partial charge >= 0.3 is 0 Å². The molecule has 0 aliphatic rings. The molecule has 0 aliphatic carbocycles. The molecular weight excluding hydrogens is 229 g/mol. The van der Waals surface area contributed by atoms with E-state index in [1.54, 1.807) is 12.1 Å². The number of aromatic nitrogens is 2. The van der Waals surface area contributed by atoms with Gasteiger partial charge < -0.3 is 4.90 Å². The van der Waals surface area contributed by atoms with Crippen molar-refractivity contribution in [3.63, 3.8) is 0 Å². The van der Waals surface area contributed by atoms with Crippen molar-refractivity contribution in [2.75, 3.05) is 11.9 Å². The third-order valence-corrected chi connectivity index (χ3v) is 3.04. The summed E-state index contributed by atoms with van der Waals surface area (Å²) in [6, 6.07) is 6.79. The number of anilines is 1. The Hall–Kier alpha value is -1.97. The second kappa shape index (κ2) is 5.12. The average molecular weight is 245 g/mol. The standard InChI is InChI=1S/C14H16FN3/c1-10-11(2)16-9-17-14(10)18(3)8-12-6-4-5-7-13(12)15/h4-7,9H,8H2,1-3H3. The predicted octanol–water partition coefficient (Wildman–Crippen LogP) is 2.87. The Labute approximate surface area is 106 Å². The van der Waals surface area contributed by atoms with Crippen molar-refractivity contribution in [1.82, 2.24) is 9.97 Å². The Balaban J connectivity index is 2.25. The molecule has 0 unspecified atom stereocenters. The number of halogens is 1. The van der Waals surface area contributed by atoms with Crippen molar-refractivity contribution < 1.29 is 4.39 Å². The van der Waals surface area contributed by atoms with E-state index < -0.39 is 0 Å². The third kappa shape index (κ3) is 2.47. The minimum absolute atomic E-state index is 0.187. The first-order chi connectivity index (χ1) is 8.59. The van der Waals surface area contributed by atoms with Crippen LogP contribution in [0.1, 0.15) is 16.8 Å². The lowest BCUT2D eigenvalue weighted by molar-refractivity contribution is 0.607. The van der Waals surface area contributed by atoms with Gasteiger partial charge in [-0.1, -0.05) is 18.2 Å². The lowest BCUT2D eigenvalue weighted by Crippen LogP contribution is -2.20. The molecule has 0 bridgehead atoms. The Morgan fingerprint density at radius 2 is 1.89 bits per heavy atom. The zero-order valence-corrected chi connectivity index (χ0v) is 10.8. The molecule has 0 N–H and O–H groups in total. The minimum Gasteiger partial charge on any atom is -0.355 e. The number of hydrogen-bond donors (Lipinski definition) is 0. The zero-order valence-electron chi connectivity index (χ0n) is 10.8. The van der Waals surface area contributed by atoms with Crippen molar-refractivity contribution in [2.45, 2.75) is 20.4 Å². The lowest BCUT2D eigenvalue weighted by Gasteiger charge is -2.20. The van der Waals surface area contributed by atoms with E-state index in [1.807, 2.05) is 31.9 Å². The van der Waals surface area contributed by atoms with Crippen LogP contribution in [0.4, 0.5) is 10.2 Å². The largest absolute Gasteiger partial charge is 0.355 e. The maximum atomic E-state index is 13.6. The molecule has 0 radical (unpaired) electrons. The number of nitrogens with zero attached hydrogens (tertiary/aromatic N) is 3. The topological polar surface area (TPSA) is 29.0 Å². The fourth-order valence-corrected chi connectivity index (χ4v) is 1.87. The lowest BCUT2D eigenvalue weighted by atomic mass is 10.2. The van der Waals surface area contributed by atoms with Crippen LogP contribution >= 0.6 is 0 Å². The van der Waals surface area contributed by atoms with Crippen LogP contribution in [-0.2, 0) is 6.54 Å². The summed E-state index contributed by atoms with van der Waals surface area (Å²) in [6.07, 6.45) is 1.54. The van der Waals surface area contributed by atoms with Gasteiger partial charge in [0.05, 0.1) is 0 Å². The van der Waals surface area contributed by atoms with Crippen LogP contribution in [0, 0.1) is 19.7 Å². The molecule has 0 saturated heterocycles. The van der Waals surface area contributed by atoms with E-state index in [-0.39, 0.29) is 5.82 Å². The van der Waals surface area contributed by atoms with Gasteiger partial charge in [0.15, 0.2) is 0 Å². The highest BCUT2D eigenvalue weighted by molar-refractivity contribution is 5.47. The first-order valence-electron chi connectivity index (χ1n) is 5.82. The van der Waals surface area contributed by atoms with Gasteiger partial charge in [0.2, 0.25) is 0 Å². The number of rotatable bonds is 3. The van der Waals surface area contributed by atoms with Crippen molar-refractivity contribution in [3.05, 3.63) is 53.2 Å². The van der Waals surface area contributed by atoms with E-state index in [2.05, 4.69) is 9.97 Å². The highest BCUT2D eigenvalue weighted by Gasteiger charge is 2.10. The van der Waals surface area contributed by atoms with Crippen molar-refractivity contribution in [2.24, 2.45) is 0 Å². The summed E-state index contributed by atoms with van der Waals surface area (Å²) in [5.41, 5.74) is 2.63. The molecule has 3 nitrogen and oxygen atoms in total. The fourth-order valence-electron chi connectivity index (χ4n) is 1.87. The molecule has 18 heavy (non-hydrogen) atoms. The summed E-state index contributed by atoms with van der Waals surface area (Å²) in [6.45, 7) is 4.41. The van der Waals surface area contributed by atoms with Crippen LogP contribution in [0.15, 0.2) is 30.6 Å². The summed E-state index contributed by atoms with van der Waals surface area (Å²) in [5.74, 6) is 0.651. The molecule has 0 saturated carbocycles. The van der Waals surface area contributed by atoms with Gasteiger partial charge in [0, 0.05) is 30.4 Å². The highest BCUT2D eigenvalue weighted by Crippen LogP contribution is 2.19.